The van der Waals surface area contributed by atoms with Crippen molar-refractivity contribution in [3.05, 3.63) is 24.0 Å². The van der Waals surface area contributed by atoms with Gasteiger partial charge in [0.1, 0.15) is 5.82 Å². The average molecular weight is 228 g/mol. The normalized spacial score (nSPS) is 10.9. The monoisotopic (exact) mass is 228 g/mol. The van der Waals surface area contributed by atoms with Gasteiger partial charge in [-0.15, -0.1) is 0 Å². The minimum absolute atomic E-state index is 0.532. The molecule has 0 amide bonds. The van der Waals surface area contributed by atoms with Crippen molar-refractivity contribution in [1.82, 2.24) is 0 Å². The van der Waals surface area contributed by atoms with Crippen LogP contribution in [0.3, 0.4) is 0 Å². The Labute approximate surface area is 81.2 Å². The fourth-order valence-electron chi connectivity index (χ4n) is 0.863. The Morgan fingerprint density at radius 1 is 0.867 bits per heavy atom. The van der Waals surface area contributed by atoms with E-state index < -0.39 is 30.5 Å². The SMILES string of the molecule is Fc1ccc(OC(F)F)c(OC(F)F)c1. The van der Waals surface area contributed by atoms with Gasteiger partial charge in [0.05, 0.1) is 0 Å². The first-order chi connectivity index (χ1) is 6.99. The first-order valence-corrected chi connectivity index (χ1v) is 3.68. The third kappa shape index (κ3) is 3.61. The van der Waals surface area contributed by atoms with Gasteiger partial charge in [-0.3, -0.25) is 0 Å². The number of hydrogen-bond donors (Lipinski definition) is 0. The predicted octanol–water partition coefficient (Wildman–Crippen LogP) is 3.03. The van der Waals surface area contributed by atoms with Gasteiger partial charge in [-0.1, -0.05) is 0 Å². The number of alkyl halides is 4. The predicted molar refractivity (Wildman–Crippen MR) is 39.7 cm³/mol. The van der Waals surface area contributed by atoms with Gasteiger partial charge in [0.15, 0.2) is 11.5 Å². The van der Waals surface area contributed by atoms with Crippen molar-refractivity contribution >= 4 is 0 Å². The Kier molecular flexibility index (Phi) is 3.70. The summed E-state index contributed by atoms with van der Waals surface area (Å²) in [4.78, 5) is 0. The van der Waals surface area contributed by atoms with E-state index in [1.54, 1.807) is 0 Å². The van der Waals surface area contributed by atoms with Crippen LogP contribution in [0.5, 0.6) is 11.5 Å². The molecule has 0 radical (unpaired) electrons. The van der Waals surface area contributed by atoms with E-state index in [4.69, 9.17) is 0 Å². The minimum Gasteiger partial charge on any atom is -0.431 e. The third-order valence-corrected chi connectivity index (χ3v) is 1.34. The maximum absolute atomic E-state index is 12.6. The fourth-order valence-corrected chi connectivity index (χ4v) is 0.863. The molecule has 84 valence electrons. The van der Waals surface area contributed by atoms with Crippen molar-refractivity contribution in [1.29, 1.82) is 0 Å². The van der Waals surface area contributed by atoms with E-state index in [1.807, 2.05) is 0 Å². The summed E-state index contributed by atoms with van der Waals surface area (Å²) in [6.45, 7) is -6.44. The standard InChI is InChI=1S/C8H5F5O2/c9-4-1-2-5(14-7(10)11)6(3-4)15-8(12)13/h1-3,7-8H. The Balaban J connectivity index is 2.92. The summed E-state index contributed by atoms with van der Waals surface area (Å²) in [5.41, 5.74) is 0. The van der Waals surface area contributed by atoms with Crippen LogP contribution >= 0.6 is 0 Å². The highest BCUT2D eigenvalue weighted by atomic mass is 19.3. The number of ether oxygens (including phenoxy) is 2. The second kappa shape index (κ2) is 4.81. The molecule has 0 heterocycles. The van der Waals surface area contributed by atoms with E-state index in [1.165, 1.54) is 0 Å². The number of hydrogen-bond acceptors (Lipinski definition) is 2. The molecule has 0 saturated carbocycles. The van der Waals surface area contributed by atoms with E-state index in [2.05, 4.69) is 9.47 Å². The highest BCUT2D eigenvalue weighted by Gasteiger charge is 2.15. The highest BCUT2D eigenvalue weighted by Crippen LogP contribution is 2.30. The molecule has 1 rings (SSSR count). The minimum atomic E-state index is -3.24. The second-order valence-electron chi connectivity index (χ2n) is 2.35. The molecule has 0 fully saturated rings. The zero-order valence-corrected chi connectivity index (χ0v) is 7.09. The van der Waals surface area contributed by atoms with Crippen molar-refractivity contribution in [2.24, 2.45) is 0 Å². The molecule has 0 aromatic heterocycles. The summed E-state index contributed by atoms with van der Waals surface area (Å²) in [7, 11) is 0. The van der Waals surface area contributed by atoms with Crippen molar-refractivity contribution in [3.63, 3.8) is 0 Å². The Morgan fingerprint density at radius 3 is 1.93 bits per heavy atom. The van der Waals surface area contributed by atoms with Crippen molar-refractivity contribution in [3.8, 4) is 11.5 Å². The Morgan fingerprint density at radius 2 is 1.40 bits per heavy atom. The maximum Gasteiger partial charge on any atom is 0.387 e. The summed E-state index contributed by atoms with van der Waals surface area (Å²) in [5.74, 6) is -2.32. The van der Waals surface area contributed by atoms with E-state index in [-0.39, 0.29) is 0 Å². The van der Waals surface area contributed by atoms with Crippen LogP contribution in [-0.4, -0.2) is 13.2 Å². The van der Waals surface area contributed by atoms with Gasteiger partial charge in [-0.2, -0.15) is 17.6 Å². The van der Waals surface area contributed by atoms with Crippen molar-refractivity contribution in [2.75, 3.05) is 0 Å². The lowest BCUT2D eigenvalue weighted by Crippen LogP contribution is -2.07. The van der Waals surface area contributed by atoms with Gasteiger partial charge < -0.3 is 9.47 Å². The Hall–Kier alpha value is -1.53. The van der Waals surface area contributed by atoms with Crippen LogP contribution in [0.4, 0.5) is 22.0 Å². The molecular formula is C8H5F5O2. The van der Waals surface area contributed by atoms with Crippen LogP contribution in [0.25, 0.3) is 0 Å². The zero-order valence-electron chi connectivity index (χ0n) is 7.09. The van der Waals surface area contributed by atoms with Gasteiger partial charge >= 0.3 is 13.2 Å². The van der Waals surface area contributed by atoms with E-state index in [0.29, 0.717) is 6.07 Å². The van der Waals surface area contributed by atoms with Crippen molar-refractivity contribution < 1.29 is 31.4 Å². The molecule has 0 atom stereocenters. The van der Waals surface area contributed by atoms with Crippen LogP contribution in [-0.2, 0) is 0 Å². The molecule has 15 heavy (non-hydrogen) atoms. The molecule has 0 N–H and O–H groups in total. The summed E-state index contributed by atoms with van der Waals surface area (Å²) < 4.78 is 67.3. The van der Waals surface area contributed by atoms with Crippen LogP contribution in [0, 0.1) is 5.82 Å². The first kappa shape index (κ1) is 11.5. The molecule has 0 aliphatic rings. The second-order valence-corrected chi connectivity index (χ2v) is 2.35. The summed E-state index contributed by atoms with van der Waals surface area (Å²) in [6, 6.07) is 2.10. The van der Waals surface area contributed by atoms with E-state index >= 15 is 0 Å². The summed E-state index contributed by atoms with van der Waals surface area (Å²) in [6.07, 6.45) is 0. The molecule has 0 saturated heterocycles. The summed E-state index contributed by atoms with van der Waals surface area (Å²) in [5, 5.41) is 0. The Bertz CT molecular complexity index is 329. The van der Waals surface area contributed by atoms with Gasteiger partial charge in [0.2, 0.25) is 0 Å². The van der Waals surface area contributed by atoms with Gasteiger partial charge in [-0.25, -0.2) is 4.39 Å². The number of benzene rings is 1. The molecule has 0 aliphatic heterocycles. The van der Waals surface area contributed by atoms with E-state index in [0.717, 1.165) is 12.1 Å². The van der Waals surface area contributed by atoms with Gasteiger partial charge in [0, 0.05) is 6.07 Å². The third-order valence-electron chi connectivity index (χ3n) is 1.34. The lowest BCUT2D eigenvalue weighted by Gasteiger charge is -2.10. The van der Waals surface area contributed by atoms with Crippen LogP contribution in [0.15, 0.2) is 18.2 Å². The molecule has 0 bridgehead atoms. The zero-order chi connectivity index (χ0) is 11.4. The van der Waals surface area contributed by atoms with Crippen LogP contribution in [0.1, 0.15) is 0 Å². The molecular weight excluding hydrogens is 223 g/mol. The topological polar surface area (TPSA) is 18.5 Å². The molecule has 1 aromatic rings. The molecule has 0 spiro atoms. The lowest BCUT2D eigenvalue weighted by molar-refractivity contribution is -0.0694. The molecule has 2 nitrogen and oxygen atoms in total. The molecule has 1 aromatic carbocycles. The number of halogens is 5. The van der Waals surface area contributed by atoms with Crippen molar-refractivity contribution in [2.45, 2.75) is 13.2 Å². The van der Waals surface area contributed by atoms with Gasteiger partial charge in [0.25, 0.3) is 0 Å². The fraction of sp³-hybridized carbons (Fsp3) is 0.250. The smallest absolute Gasteiger partial charge is 0.387 e. The molecule has 0 unspecified atom stereocenters. The summed E-state index contributed by atoms with van der Waals surface area (Å²) >= 11 is 0. The van der Waals surface area contributed by atoms with Crippen LogP contribution in [0.2, 0.25) is 0 Å². The lowest BCUT2D eigenvalue weighted by atomic mass is 10.3. The maximum atomic E-state index is 12.6. The number of rotatable bonds is 4. The quantitative estimate of drug-likeness (QED) is 0.737. The van der Waals surface area contributed by atoms with Gasteiger partial charge in [-0.05, 0) is 12.1 Å². The molecule has 7 heteroatoms. The van der Waals surface area contributed by atoms with Crippen LogP contribution < -0.4 is 9.47 Å². The largest absolute Gasteiger partial charge is 0.431 e. The average Bonchev–Trinajstić information content (AvgIpc) is 2.08. The highest BCUT2D eigenvalue weighted by molar-refractivity contribution is 5.40. The molecule has 0 aliphatic carbocycles. The van der Waals surface area contributed by atoms with E-state index in [9.17, 15) is 22.0 Å². The first-order valence-electron chi connectivity index (χ1n) is 3.68.